The molecule has 0 aliphatic heterocycles. The van der Waals surface area contributed by atoms with Gasteiger partial charge in [-0.05, 0) is 43.3 Å². The number of nitrogens with one attached hydrogen (secondary N) is 1. The van der Waals surface area contributed by atoms with Crippen molar-refractivity contribution in [1.82, 2.24) is 0 Å². The van der Waals surface area contributed by atoms with Gasteiger partial charge in [0, 0.05) is 5.69 Å². The van der Waals surface area contributed by atoms with Gasteiger partial charge in [-0.25, -0.2) is 4.79 Å². The zero-order chi connectivity index (χ0) is 15.4. The van der Waals surface area contributed by atoms with E-state index >= 15 is 0 Å². The maximum Gasteiger partial charge on any atom is 0.348 e. The number of esters is 1. The quantitative estimate of drug-likeness (QED) is 0.880. The minimum Gasteiger partial charge on any atom is -0.451 e. The van der Waals surface area contributed by atoms with Gasteiger partial charge in [0.15, 0.2) is 6.61 Å². The molecule has 0 bridgehead atoms. The highest BCUT2D eigenvalue weighted by atomic mass is 32.1. The molecule has 1 aromatic heterocycles. The molecule has 2 aromatic rings. The summed E-state index contributed by atoms with van der Waals surface area (Å²) in [6.07, 6.45) is 0. The number of hydrogen-bond acceptors (Lipinski definition) is 4. The van der Waals surface area contributed by atoms with Gasteiger partial charge < -0.3 is 10.1 Å². The molecule has 4 nitrogen and oxygen atoms in total. The van der Waals surface area contributed by atoms with Gasteiger partial charge >= 0.3 is 5.97 Å². The lowest BCUT2D eigenvalue weighted by Gasteiger charge is -2.12. The van der Waals surface area contributed by atoms with Crippen molar-refractivity contribution < 1.29 is 14.3 Å². The summed E-state index contributed by atoms with van der Waals surface area (Å²) in [5.41, 5.74) is 3.90. The van der Waals surface area contributed by atoms with Crippen LogP contribution in [0.3, 0.4) is 0 Å². The van der Waals surface area contributed by atoms with Gasteiger partial charge in [0.05, 0.1) is 0 Å². The van der Waals surface area contributed by atoms with Crippen molar-refractivity contribution in [3.63, 3.8) is 0 Å². The van der Waals surface area contributed by atoms with Crippen LogP contribution in [0.1, 0.15) is 26.4 Å². The van der Waals surface area contributed by atoms with E-state index in [1.807, 2.05) is 32.9 Å². The maximum atomic E-state index is 11.9. The molecule has 1 heterocycles. The van der Waals surface area contributed by atoms with Crippen LogP contribution in [0.4, 0.5) is 5.69 Å². The fraction of sp³-hybridized carbons (Fsp3) is 0.250. The number of amides is 1. The summed E-state index contributed by atoms with van der Waals surface area (Å²) < 4.78 is 4.98. The van der Waals surface area contributed by atoms with Gasteiger partial charge in [-0.15, -0.1) is 11.3 Å². The highest BCUT2D eigenvalue weighted by molar-refractivity contribution is 7.11. The van der Waals surface area contributed by atoms with Crippen molar-refractivity contribution in [2.24, 2.45) is 0 Å². The largest absolute Gasteiger partial charge is 0.451 e. The molecule has 0 radical (unpaired) electrons. The Morgan fingerprint density at radius 1 is 1.19 bits per heavy atom. The predicted octanol–water partition coefficient (Wildman–Crippen LogP) is 3.47. The van der Waals surface area contributed by atoms with E-state index in [4.69, 9.17) is 4.74 Å². The van der Waals surface area contributed by atoms with Crippen molar-refractivity contribution in [1.29, 1.82) is 0 Å². The fourth-order valence-electron chi connectivity index (χ4n) is 2.15. The Balaban J connectivity index is 1.95. The molecule has 0 aliphatic carbocycles. The van der Waals surface area contributed by atoms with Crippen LogP contribution in [0, 0.1) is 20.8 Å². The molecule has 21 heavy (non-hydrogen) atoms. The first-order chi connectivity index (χ1) is 9.97. The van der Waals surface area contributed by atoms with Gasteiger partial charge in [-0.3, -0.25) is 4.79 Å². The van der Waals surface area contributed by atoms with Crippen LogP contribution < -0.4 is 5.32 Å². The van der Waals surface area contributed by atoms with Crippen LogP contribution in [-0.2, 0) is 9.53 Å². The zero-order valence-corrected chi connectivity index (χ0v) is 13.0. The lowest BCUT2D eigenvalue weighted by atomic mass is 10.1. The average molecular weight is 303 g/mol. The van der Waals surface area contributed by atoms with E-state index in [1.54, 1.807) is 17.5 Å². The lowest BCUT2D eigenvalue weighted by molar-refractivity contribution is -0.119. The fourth-order valence-corrected chi connectivity index (χ4v) is 2.77. The van der Waals surface area contributed by atoms with Gasteiger partial charge in [0.25, 0.3) is 5.91 Å². The van der Waals surface area contributed by atoms with Crippen molar-refractivity contribution in [2.75, 3.05) is 11.9 Å². The molecule has 110 valence electrons. The molecule has 0 spiro atoms. The number of carbonyl (C=O) groups excluding carboxylic acids is 2. The Morgan fingerprint density at radius 3 is 2.43 bits per heavy atom. The smallest absolute Gasteiger partial charge is 0.348 e. The van der Waals surface area contributed by atoms with E-state index in [2.05, 4.69) is 5.32 Å². The molecule has 0 unspecified atom stereocenters. The van der Waals surface area contributed by atoms with Gasteiger partial charge in [-0.1, -0.05) is 23.8 Å². The monoisotopic (exact) mass is 303 g/mol. The molecule has 0 atom stereocenters. The van der Waals surface area contributed by atoms with E-state index < -0.39 is 5.97 Å². The Hall–Kier alpha value is -2.14. The predicted molar refractivity (Wildman–Crippen MR) is 83.9 cm³/mol. The Labute approximate surface area is 127 Å². The third-order valence-electron chi connectivity index (χ3n) is 3.00. The first-order valence-electron chi connectivity index (χ1n) is 6.55. The van der Waals surface area contributed by atoms with Crippen LogP contribution in [0.5, 0.6) is 0 Å². The second-order valence-corrected chi connectivity index (χ2v) is 5.82. The van der Waals surface area contributed by atoms with E-state index in [0.29, 0.717) is 4.88 Å². The normalized spacial score (nSPS) is 10.2. The number of rotatable bonds is 4. The van der Waals surface area contributed by atoms with Crippen molar-refractivity contribution in [3.05, 3.63) is 51.2 Å². The average Bonchev–Trinajstić information content (AvgIpc) is 2.94. The third kappa shape index (κ3) is 3.92. The summed E-state index contributed by atoms with van der Waals surface area (Å²) in [6.45, 7) is 5.60. The number of carbonyl (C=O) groups is 2. The zero-order valence-electron chi connectivity index (χ0n) is 12.2. The third-order valence-corrected chi connectivity index (χ3v) is 3.85. The lowest BCUT2D eigenvalue weighted by Crippen LogP contribution is -2.21. The number of hydrogen-bond donors (Lipinski definition) is 1. The van der Waals surface area contributed by atoms with Crippen LogP contribution in [0.25, 0.3) is 0 Å². The molecular formula is C16H17NO3S. The molecule has 5 heteroatoms. The Morgan fingerprint density at radius 2 is 1.86 bits per heavy atom. The Bertz CT molecular complexity index is 639. The standard InChI is InChI=1S/C16H17NO3S/c1-10-7-11(2)15(12(3)8-10)17-14(18)9-20-16(19)13-5-4-6-21-13/h4-8H,9H2,1-3H3,(H,17,18). The Kier molecular flexibility index (Phi) is 4.75. The second kappa shape index (κ2) is 6.54. The maximum absolute atomic E-state index is 11.9. The van der Waals surface area contributed by atoms with E-state index in [1.165, 1.54) is 11.3 Å². The summed E-state index contributed by atoms with van der Waals surface area (Å²) in [5.74, 6) is -0.813. The van der Waals surface area contributed by atoms with Gasteiger partial charge in [0.2, 0.25) is 0 Å². The summed E-state index contributed by atoms with van der Waals surface area (Å²) >= 11 is 1.29. The number of thiophene rings is 1. The number of ether oxygens (including phenoxy) is 1. The molecular weight excluding hydrogens is 286 g/mol. The second-order valence-electron chi connectivity index (χ2n) is 4.88. The van der Waals surface area contributed by atoms with Crippen molar-refractivity contribution >= 4 is 28.9 Å². The minimum absolute atomic E-state index is 0.288. The first kappa shape index (κ1) is 15.3. The number of benzene rings is 1. The van der Waals surface area contributed by atoms with Crippen LogP contribution in [0.15, 0.2) is 29.6 Å². The SMILES string of the molecule is Cc1cc(C)c(NC(=O)COC(=O)c2cccs2)c(C)c1. The van der Waals surface area contributed by atoms with Crippen molar-refractivity contribution in [2.45, 2.75) is 20.8 Å². The highest BCUT2D eigenvalue weighted by Gasteiger charge is 2.12. The van der Waals surface area contributed by atoms with Crippen LogP contribution >= 0.6 is 11.3 Å². The molecule has 1 aromatic carbocycles. The summed E-state index contributed by atoms with van der Waals surface area (Å²) in [6, 6.07) is 7.43. The minimum atomic E-state index is -0.475. The summed E-state index contributed by atoms with van der Waals surface area (Å²) in [5, 5.41) is 4.58. The molecule has 1 N–H and O–H groups in total. The van der Waals surface area contributed by atoms with Gasteiger partial charge in [0.1, 0.15) is 4.88 Å². The molecule has 0 saturated heterocycles. The molecule has 0 saturated carbocycles. The summed E-state index contributed by atoms with van der Waals surface area (Å²) in [4.78, 5) is 24.0. The molecule has 0 aliphatic rings. The summed E-state index contributed by atoms with van der Waals surface area (Å²) in [7, 11) is 0. The van der Waals surface area contributed by atoms with E-state index in [-0.39, 0.29) is 12.5 Å². The van der Waals surface area contributed by atoms with E-state index in [9.17, 15) is 9.59 Å². The highest BCUT2D eigenvalue weighted by Crippen LogP contribution is 2.21. The topological polar surface area (TPSA) is 55.4 Å². The van der Waals surface area contributed by atoms with Crippen LogP contribution in [0.2, 0.25) is 0 Å². The first-order valence-corrected chi connectivity index (χ1v) is 7.43. The van der Waals surface area contributed by atoms with Gasteiger partial charge in [-0.2, -0.15) is 0 Å². The molecule has 1 amide bonds. The molecule has 0 fully saturated rings. The van der Waals surface area contributed by atoms with E-state index in [0.717, 1.165) is 22.4 Å². The number of anilines is 1. The number of aryl methyl sites for hydroxylation is 3. The van der Waals surface area contributed by atoms with Crippen LogP contribution in [-0.4, -0.2) is 18.5 Å². The van der Waals surface area contributed by atoms with Crippen molar-refractivity contribution in [3.8, 4) is 0 Å². The molecule has 2 rings (SSSR count).